The standard InChI is InChI=1S/C13H25N3O2/c1-5-13(6-2,18-4)12-15-10-11(16-12)9-14-7-8-17-3/h10,14H,5-9H2,1-4H3,(H,15,16). The summed E-state index contributed by atoms with van der Waals surface area (Å²) in [5.41, 5.74) is 0.787. The van der Waals surface area contributed by atoms with Crippen molar-refractivity contribution in [1.82, 2.24) is 15.3 Å². The Labute approximate surface area is 109 Å². The van der Waals surface area contributed by atoms with E-state index in [2.05, 4.69) is 29.1 Å². The Balaban J connectivity index is 2.61. The molecular formula is C13H25N3O2. The van der Waals surface area contributed by atoms with Crippen LogP contribution in [0.25, 0.3) is 0 Å². The largest absolute Gasteiger partial charge is 0.383 e. The molecule has 0 saturated heterocycles. The third-order valence-corrected chi connectivity index (χ3v) is 3.39. The van der Waals surface area contributed by atoms with E-state index in [1.54, 1.807) is 14.2 Å². The molecule has 1 aromatic heterocycles. The van der Waals surface area contributed by atoms with E-state index in [0.29, 0.717) is 6.61 Å². The Morgan fingerprint density at radius 1 is 1.33 bits per heavy atom. The molecule has 0 aliphatic heterocycles. The summed E-state index contributed by atoms with van der Waals surface area (Å²) in [4.78, 5) is 7.79. The fourth-order valence-corrected chi connectivity index (χ4v) is 2.05. The Bertz CT molecular complexity index is 326. The minimum atomic E-state index is -0.287. The van der Waals surface area contributed by atoms with E-state index in [1.165, 1.54) is 0 Å². The van der Waals surface area contributed by atoms with Gasteiger partial charge in [-0.25, -0.2) is 4.98 Å². The van der Waals surface area contributed by atoms with Gasteiger partial charge in [0, 0.05) is 39.2 Å². The number of methoxy groups -OCH3 is 2. The van der Waals surface area contributed by atoms with Gasteiger partial charge in [0.05, 0.1) is 6.61 Å². The van der Waals surface area contributed by atoms with Gasteiger partial charge in [0.25, 0.3) is 0 Å². The first kappa shape index (κ1) is 15.1. The fraction of sp³-hybridized carbons (Fsp3) is 0.769. The molecule has 0 unspecified atom stereocenters. The summed E-state index contributed by atoms with van der Waals surface area (Å²) in [6.07, 6.45) is 3.68. The van der Waals surface area contributed by atoms with Gasteiger partial charge < -0.3 is 19.8 Å². The zero-order valence-corrected chi connectivity index (χ0v) is 11.9. The summed E-state index contributed by atoms with van der Waals surface area (Å²) < 4.78 is 10.6. The molecule has 0 atom stereocenters. The summed E-state index contributed by atoms with van der Waals surface area (Å²) in [5, 5.41) is 3.28. The van der Waals surface area contributed by atoms with E-state index < -0.39 is 0 Å². The Morgan fingerprint density at radius 2 is 2.06 bits per heavy atom. The first-order chi connectivity index (χ1) is 8.72. The molecule has 5 nitrogen and oxygen atoms in total. The van der Waals surface area contributed by atoms with Crippen molar-refractivity contribution in [2.75, 3.05) is 27.4 Å². The van der Waals surface area contributed by atoms with Crippen molar-refractivity contribution in [3.8, 4) is 0 Å². The Hall–Kier alpha value is -0.910. The predicted octanol–water partition coefficient (Wildman–Crippen LogP) is 1.81. The van der Waals surface area contributed by atoms with Crippen LogP contribution in [0.5, 0.6) is 0 Å². The van der Waals surface area contributed by atoms with E-state index in [0.717, 1.165) is 37.4 Å². The summed E-state index contributed by atoms with van der Waals surface area (Å²) in [5.74, 6) is 0.915. The van der Waals surface area contributed by atoms with Gasteiger partial charge in [0.15, 0.2) is 0 Å². The van der Waals surface area contributed by atoms with Gasteiger partial charge >= 0.3 is 0 Å². The smallest absolute Gasteiger partial charge is 0.138 e. The van der Waals surface area contributed by atoms with Crippen molar-refractivity contribution >= 4 is 0 Å². The second-order valence-corrected chi connectivity index (χ2v) is 4.33. The van der Waals surface area contributed by atoms with Crippen LogP contribution in [0.3, 0.4) is 0 Å². The van der Waals surface area contributed by atoms with E-state index in [1.807, 2.05) is 6.20 Å². The molecule has 0 fully saturated rings. The second kappa shape index (κ2) is 7.51. The van der Waals surface area contributed by atoms with Crippen LogP contribution in [0.2, 0.25) is 0 Å². The number of aromatic amines is 1. The number of rotatable bonds is 9. The molecule has 0 aliphatic carbocycles. The van der Waals surface area contributed by atoms with E-state index in [4.69, 9.17) is 9.47 Å². The molecule has 0 saturated carbocycles. The molecule has 5 heteroatoms. The lowest BCUT2D eigenvalue weighted by Gasteiger charge is -2.27. The molecule has 1 heterocycles. The maximum atomic E-state index is 5.64. The fourth-order valence-electron chi connectivity index (χ4n) is 2.05. The number of imidazole rings is 1. The maximum absolute atomic E-state index is 5.64. The van der Waals surface area contributed by atoms with Crippen molar-refractivity contribution < 1.29 is 9.47 Å². The SMILES string of the molecule is CCC(CC)(OC)c1ncc(CNCCOC)[nH]1. The van der Waals surface area contributed by atoms with Gasteiger partial charge in [-0.1, -0.05) is 13.8 Å². The van der Waals surface area contributed by atoms with E-state index in [9.17, 15) is 0 Å². The molecule has 18 heavy (non-hydrogen) atoms. The molecule has 0 spiro atoms. The summed E-state index contributed by atoms with van der Waals surface area (Å²) in [6.45, 7) is 6.55. The highest BCUT2D eigenvalue weighted by atomic mass is 16.5. The van der Waals surface area contributed by atoms with Crippen LogP contribution in [0, 0.1) is 0 Å². The van der Waals surface area contributed by atoms with Crippen LogP contribution in [-0.4, -0.2) is 37.3 Å². The maximum Gasteiger partial charge on any atom is 0.138 e. The molecule has 2 N–H and O–H groups in total. The number of aromatic nitrogens is 2. The summed E-state index contributed by atoms with van der Waals surface area (Å²) in [7, 11) is 3.44. The quantitative estimate of drug-likeness (QED) is 0.661. The van der Waals surface area contributed by atoms with Crippen LogP contribution in [0.1, 0.15) is 38.2 Å². The molecule has 0 amide bonds. The van der Waals surface area contributed by atoms with Crippen molar-refractivity contribution in [2.24, 2.45) is 0 Å². The highest BCUT2D eigenvalue weighted by Gasteiger charge is 2.31. The molecule has 0 aromatic carbocycles. The molecular weight excluding hydrogens is 230 g/mol. The van der Waals surface area contributed by atoms with Crippen LogP contribution in [0.4, 0.5) is 0 Å². The molecule has 1 rings (SSSR count). The average Bonchev–Trinajstić information content (AvgIpc) is 2.87. The van der Waals surface area contributed by atoms with Crippen molar-refractivity contribution in [1.29, 1.82) is 0 Å². The minimum Gasteiger partial charge on any atom is -0.383 e. The van der Waals surface area contributed by atoms with Gasteiger partial charge in [-0.05, 0) is 12.8 Å². The second-order valence-electron chi connectivity index (χ2n) is 4.33. The first-order valence-corrected chi connectivity index (χ1v) is 6.51. The number of ether oxygens (including phenoxy) is 2. The predicted molar refractivity (Wildman–Crippen MR) is 71.4 cm³/mol. The monoisotopic (exact) mass is 255 g/mol. The molecule has 104 valence electrons. The van der Waals surface area contributed by atoms with Gasteiger partial charge in [0.1, 0.15) is 11.4 Å². The van der Waals surface area contributed by atoms with Crippen LogP contribution >= 0.6 is 0 Å². The van der Waals surface area contributed by atoms with Crippen molar-refractivity contribution in [3.05, 3.63) is 17.7 Å². The molecule has 0 bridgehead atoms. The number of H-pyrrole nitrogens is 1. The minimum absolute atomic E-state index is 0.287. The molecule has 1 aromatic rings. The zero-order chi connectivity index (χ0) is 13.4. The number of nitrogens with one attached hydrogen (secondary N) is 2. The lowest BCUT2D eigenvalue weighted by atomic mass is 9.96. The number of hydrogen-bond donors (Lipinski definition) is 2. The highest BCUT2D eigenvalue weighted by molar-refractivity contribution is 5.08. The highest BCUT2D eigenvalue weighted by Crippen LogP contribution is 2.29. The topological polar surface area (TPSA) is 59.2 Å². The van der Waals surface area contributed by atoms with Gasteiger partial charge in [-0.15, -0.1) is 0 Å². The number of nitrogens with zero attached hydrogens (tertiary/aromatic N) is 1. The molecule has 0 radical (unpaired) electrons. The summed E-state index contributed by atoms with van der Waals surface area (Å²) in [6, 6.07) is 0. The van der Waals surface area contributed by atoms with Gasteiger partial charge in [0.2, 0.25) is 0 Å². The first-order valence-electron chi connectivity index (χ1n) is 6.51. The van der Waals surface area contributed by atoms with Crippen LogP contribution in [0.15, 0.2) is 6.20 Å². The summed E-state index contributed by atoms with van der Waals surface area (Å²) >= 11 is 0. The van der Waals surface area contributed by atoms with E-state index in [-0.39, 0.29) is 5.60 Å². The van der Waals surface area contributed by atoms with Gasteiger partial charge in [-0.2, -0.15) is 0 Å². The molecule has 0 aliphatic rings. The van der Waals surface area contributed by atoms with Crippen molar-refractivity contribution in [2.45, 2.75) is 38.8 Å². The van der Waals surface area contributed by atoms with Crippen LogP contribution < -0.4 is 5.32 Å². The Morgan fingerprint density at radius 3 is 2.61 bits per heavy atom. The van der Waals surface area contributed by atoms with E-state index >= 15 is 0 Å². The Kier molecular flexibility index (Phi) is 6.32. The van der Waals surface area contributed by atoms with Crippen LogP contribution in [-0.2, 0) is 21.6 Å². The third-order valence-electron chi connectivity index (χ3n) is 3.39. The normalized spacial score (nSPS) is 12.0. The average molecular weight is 255 g/mol. The zero-order valence-electron chi connectivity index (χ0n) is 11.9. The lowest BCUT2D eigenvalue weighted by Crippen LogP contribution is -2.28. The number of hydrogen-bond acceptors (Lipinski definition) is 4. The van der Waals surface area contributed by atoms with Gasteiger partial charge in [-0.3, -0.25) is 0 Å². The third kappa shape index (κ3) is 3.54. The van der Waals surface area contributed by atoms with Crippen molar-refractivity contribution in [3.63, 3.8) is 0 Å². The lowest BCUT2D eigenvalue weighted by molar-refractivity contribution is -0.0285.